The summed E-state index contributed by atoms with van der Waals surface area (Å²) in [6.45, 7) is 20.9. The van der Waals surface area contributed by atoms with Gasteiger partial charge in [-0.15, -0.1) is 0 Å². The summed E-state index contributed by atoms with van der Waals surface area (Å²) in [5.41, 5.74) is 4.44. The molecule has 0 unspecified atom stereocenters. The molecule has 1 heterocycles. The van der Waals surface area contributed by atoms with Gasteiger partial charge in [-0.1, -0.05) is 65.0 Å². The second kappa shape index (κ2) is 11.1. The highest BCUT2D eigenvalue weighted by molar-refractivity contribution is 5.88. The first-order valence-corrected chi connectivity index (χ1v) is 18.8. The molecule has 0 bridgehead atoms. The molecule has 5 fully saturated rings. The lowest BCUT2D eigenvalue weighted by molar-refractivity contribution is -0.226. The zero-order valence-electron chi connectivity index (χ0n) is 29.9. The van der Waals surface area contributed by atoms with Crippen molar-refractivity contribution in [2.75, 3.05) is 13.1 Å². The molecule has 4 saturated carbocycles. The number of amides is 1. The number of carbonyl (C=O) groups is 2. The van der Waals surface area contributed by atoms with Crippen molar-refractivity contribution >= 4 is 17.4 Å². The van der Waals surface area contributed by atoms with Crippen LogP contribution in [-0.2, 0) is 4.79 Å². The van der Waals surface area contributed by atoms with Crippen molar-refractivity contribution in [3.05, 3.63) is 53.6 Å². The fourth-order valence-electron chi connectivity index (χ4n) is 13.8. The van der Waals surface area contributed by atoms with Gasteiger partial charge in [-0.3, -0.25) is 4.79 Å². The van der Waals surface area contributed by atoms with Crippen molar-refractivity contribution in [3.8, 4) is 0 Å². The number of nitrogens with zero attached hydrogens (tertiary/aromatic N) is 1. The number of hydrogen-bond donors (Lipinski definition) is 2. The molecule has 1 saturated heterocycles. The summed E-state index contributed by atoms with van der Waals surface area (Å²) < 4.78 is 0. The van der Waals surface area contributed by atoms with Gasteiger partial charge >= 0.3 is 5.97 Å². The number of fused-ring (bicyclic) bond motifs is 7. The summed E-state index contributed by atoms with van der Waals surface area (Å²) in [5.74, 6) is 2.00. The highest BCUT2D eigenvalue weighted by Crippen LogP contribution is 2.78. The lowest BCUT2D eigenvalue weighted by Crippen LogP contribution is -2.66. The van der Waals surface area contributed by atoms with E-state index in [4.69, 9.17) is 0 Å². The van der Waals surface area contributed by atoms with E-state index in [2.05, 4.69) is 59.1 Å². The van der Waals surface area contributed by atoms with Crippen LogP contribution in [0.4, 0.5) is 0 Å². The van der Waals surface area contributed by atoms with Gasteiger partial charge in [0.2, 0.25) is 5.91 Å². The van der Waals surface area contributed by atoms with Gasteiger partial charge in [-0.2, -0.15) is 0 Å². The Bertz CT molecular complexity index is 1480. The van der Waals surface area contributed by atoms with Crippen LogP contribution in [0.5, 0.6) is 0 Å². The molecule has 7 rings (SSSR count). The molecule has 0 aromatic heterocycles. The molecule has 9 atom stereocenters. The van der Waals surface area contributed by atoms with Crippen LogP contribution in [0.15, 0.2) is 42.5 Å². The van der Waals surface area contributed by atoms with Crippen molar-refractivity contribution in [2.45, 2.75) is 118 Å². The van der Waals surface area contributed by atoms with Gasteiger partial charge in [0.15, 0.2) is 0 Å². The van der Waals surface area contributed by atoms with E-state index in [0.29, 0.717) is 67.0 Å². The molecule has 5 nitrogen and oxygen atoms in total. The first-order valence-electron chi connectivity index (χ1n) is 18.8. The van der Waals surface area contributed by atoms with Gasteiger partial charge in [0.05, 0.1) is 17.1 Å². The van der Waals surface area contributed by atoms with Crippen LogP contribution < -0.4 is 0 Å². The largest absolute Gasteiger partial charge is 0.478 e. The SMILES string of the molecule is C=C(C)[C@@H]1CC[C@]2(C(=O)N3CCC(O)CC3)CC[C@]3(C)[C@H](CC[C@@H]4[C@@]5(C)CC=C(c6ccc(C(=O)O)cc6)C(C)(C)[C@@H]5CC[C@]43C)[C@@H]12. The van der Waals surface area contributed by atoms with Crippen LogP contribution in [0, 0.1) is 56.7 Å². The fraction of sp³-hybridized carbons (Fsp3) is 0.714. The normalized spacial score (nSPS) is 42.7. The number of carbonyl (C=O) groups excluding carboxylic acids is 1. The van der Waals surface area contributed by atoms with E-state index >= 15 is 0 Å². The van der Waals surface area contributed by atoms with Gasteiger partial charge in [0.25, 0.3) is 0 Å². The minimum atomic E-state index is -0.875. The molecule has 256 valence electrons. The molecule has 0 spiro atoms. The lowest BCUT2D eigenvalue weighted by atomic mass is 9.32. The number of aliphatic hydroxyl groups is 1. The average Bonchev–Trinajstić information content (AvgIpc) is 3.42. The topological polar surface area (TPSA) is 77.8 Å². The first kappa shape index (κ1) is 33.1. The predicted octanol–water partition coefficient (Wildman–Crippen LogP) is 9.02. The summed E-state index contributed by atoms with van der Waals surface area (Å²) in [6.07, 6.45) is 13.8. The molecule has 5 aliphatic carbocycles. The predicted molar refractivity (Wildman–Crippen MR) is 188 cm³/mol. The standard InChI is InChI=1S/C42H59NO4/c1-26(2)30-14-21-42(37(47)43-24-17-29(44)18-25-43)23-22-40(6)32(35(30)42)12-13-34-39(5)19-15-31(27-8-10-28(11-9-27)36(45)46)38(3,4)33(39)16-20-41(34,40)7/h8-11,15,29-30,32-35,44H,1,12-14,16-25H2,2-7H3,(H,45,46)/t30-,32+,33-,34+,35+,39-,40+,41+,42-/m0/s1. The third-order valence-corrected chi connectivity index (χ3v) is 16.3. The highest BCUT2D eigenvalue weighted by atomic mass is 16.4. The van der Waals surface area contributed by atoms with E-state index in [1.165, 1.54) is 36.8 Å². The van der Waals surface area contributed by atoms with E-state index in [-0.39, 0.29) is 33.2 Å². The molecule has 6 aliphatic rings. The Balaban J connectivity index is 1.22. The Kier molecular flexibility index (Phi) is 7.79. The molecule has 1 amide bonds. The zero-order chi connectivity index (χ0) is 33.7. The van der Waals surface area contributed by atoms with Crippen LogP contribution in [-0.4, -0.2) is 46.2 Å². The Morgan fingerprint density at radius 3 is 2.15 bits per heavy atom. The maximum absolute atomic E-state index is 14.7. The molecule has 5 heteroatoms. The van der Waals surface area contributed by atoms with Crippen molar-refractivity contribution in [3.63, 3.8) is 0 Å². The summed E-state index contributed by atoms with van der Waals surface area (Å²) in [6, 6.07) is 7.54. The van der Waals surface area contributed by atoms with Crippen molar-refractivity contribution < 1.29 is 19.8 Å². The maximum atomic E-state index is 14.7. The lowest BCUT2D eigenvalue weighted by Gasteiger charge is -2.72. The molecular weight excluding hydrogens is 582 g/mol. The summed E-state index contributed by atoms with van der Waals surface area (Å²) >= 11 is 0. The zero-order valence-corrected chi connectivity index (χ0v) is 29.9. The number of rotatable bonds is 4. The van der Waals surface area contributed by atoms with Crippen LogP contribution in [0.1, 0.15) is 128 Å². The van der Waals surface area contributed by atoms with E-state index in [0.717, 1.165) is 37.7 Å². The van der Waals surface area contributed by atoms with Crippen molar-refractivity contribution in [1.29, 1.82) is 0 Å². The Hall–Kier alpha value is -2.40. The fourth-order valence-corrected chi connectivity index (χ4v) is 13.8. The number of aromatic carboxylic acids is 1. The van der Waals surface area contributed by atoms with Crippen molar-refractivity contribution in [2.24, 2.45) is 56.7 Å². The number of likely N-dealkylation sites (tertiary alicyclic amines) is 1. The van der Waals surface area contributed by atoms with Crippen LogP contribution in [0.3, 0.4) is 0 Å². The van der Waals surface area contributed by atoms with E-state index < -0.39 is 5.97 Å². The summed E-state index contributed by atoms with van der Waals surface area (Å²) in [7, 11) is 0. The Morgan fingerprint density at radius 1 is 0.830 bits per heavy atom. The van der Waals surface area contributed by atoms with Crippen LogP contribution in [0.25, 0.3) is 5.57 Å². The molecule has 1 aliphatic heterocycles. The Labute approximate surface area is 283 Å². The minimum Gasteiger partial charge on any atom is -0.478 e. The molecule has 2 N–H and O–H groups in total. The molecule has 0 radical (unpaired) electrons. The quantitative estimate of drug-likeness (QED) is 0.322. The van der Waals surface area contributed by atoms with Gasteiger partial charge in [-0.25, -0.2) is 4.79 Å². The second-order valence-electron chi connectivity index (χ2n) is 18.3. The number of carboxylic acid groups (broad SMARTS) is 1. The summed E-state index contributed by atoms with van der Waals surface area (Å²) in [5, 5.41) is 19.7. The smallest absolute Gasteiger partial charge is 0.335 e. The van der Waals surface area contributed by atoms with Crippen LogP contribution in [0.2, 0.25) is 0 Å². The maximum Gasteiger partial charge on any atom is 0.335 e. The minimum absolute atomic E-state index is 0.0104. The van der Waals surface area contributed by atoms with E-state index in [9.17, 15) is 19.8 Å². The number of hydrogen-bond acceptors (Lipinski definition) is 3. The van der Waals surface area contributed by atoms with Gasteiger partial charge in [-0.05, 0) is 152 Å². The van der Waals surface area contributed by atoms with Gasteiger partial charge in [0.1, 0.15) is 0 Å². The monoisotopic (exact) mass is 641 g/mol. The Morgan fingerprint density at radius 2 is 1.51 bits per heavy atom. The van der Waals surface area contributed by atoms with Gasteiger partial charge < -0.3 is 15.1 Å². The number of benzene rings is 1. The van der Waals surface area contributed by atoms with Gasteiger partial charge in [0, 0.05) is 13.1 Å². The average molecular weight is 642 g/mol. The highest BCUT2D eigenvalue weighted by Gasteiger charge is 2.71. The number of aliphatic hydroxyl groups excluding tert-OH is 1. The van der Waals surface area contributed by atoms with Crippen molar-refractivity contribution in [1.82, 2.24) is 4.90 Å². The third-order valence-electron chi connectivity index (χ3n) is 16.3. The number of piperidine rings is 1. The van der Waals surface area contributed by atoms with E-state index in [1.54, 1.807) is 12.1 Å². The van der Waals surface area contributed by atoms with E-state index in [1.807, 2.05) is 12.1 Å². The third kappa shape index (κ3) is 4.56. The summed E-state index contributed by atoms with van der Waals surface area (Å²) in [4.78, 5) is 28.3. The molecule has 47 heavy (non-hydrogen) atoms. The number of allylic oxidation sites excluding steroid dienone is 3. The second-order valence-corrected chi connectivity index (χ2v) is 18.3. The molecular formula is C42H59NO4. The number of carboxylic acids is 1. The van der Waals surface area contributed by atoms with Crippen LogP contribution >= 0.6 is 0 Å². The molecule has 1 aromatic rings. The first-order chi connectivity index (χ1) is 22.1. The molecule has 1 aromatic carbocycles.